The molecule has 0 aromatic heterocycles. The van der Waals surface area contributed by atoms with Crippen molar-refractivity contribution < 1.29 is 35.5 Å². The van der Waals surface area contributed by atoms with E-state index in [4.69, 9.17) is 0 Å². The van der Waals surface area contributed by atoms with E-state index in [-0.39, 0.29) is 6.42 Å². The lowest BCUT2D eigenvalue weighted by Gasteiger charge is -2.15. The number of carbonyl (C=O) groups excluding carboxylic acids is 1. The first-order valence-corrected chi connectivity index (χ1v) is 6.31. The van der Waals surface area contributed by atoms with Crippen LogP contribution in [0.25, 0.3) is 0 Å². The zero-order chi connectivity index (χ0) is 16.5. The lowest BCUT2D eigenvalue weighted by atomic mass is 10.1. The number of halogens is 8. The van der Waals surface area contributed by atoms with Gasteiger partial charge in [-0.1, -0.05) is 22.9 Å². The number of amides is 1. The molecule has 2 nitrogen and oxygen atoms in total. The van der Waals surface area contributed by atoms with Gasteiger partial charge in [-0.15, -0.1) is 0 Å². The predicted octanol–water partition coefficient (Wildman–Crippen LogP) is 4.37. The number of benzene rings is 1. The van der Waals surface area contributed by atoms with E-state index in [1.54, 1.807) is 0 Å². The molecular formula is C11H7BrF7NO. The highest BCUT2D eigenvalue weighted by Crippen LogP contribution is 2.38. The fourth-order valence-corrected chi connectivity index (χ4v) is 1.49. The minimum atomic E-state index is -5.63. The van der Waals surface area contributed by atoms with E-state index in [1.807, 2.05) is 0 Å². The van der Waals surface area contributed by atoms with Crippen molar-refractivity contribution >= 4 is 27.5 Å². The fourth-order valence-electron chi connectivity index (χ4n) is 1.38. The molecule has 1 N–H and O–H groups in total. The molecular weight excluding hydrogens is 375 g/mol. The van der Waals surface area contributed by atoms with E-state index in [9.17, 15) is 35.5 Å². The summed E-state index contributed by atoms with van der Waals surface area (Å²) in [6, 6.07) is 0. The first-order valence-electron chi connectivity index (χ1n) is 5.40. The summed E-state index contributed by atoms with van der Waals surface area (Å²) in [6.45, 7) is 1.51. The molecule has 0 aliphatic rings. The van der Waals surface area contributed by atoms with Crippen LogP contribution >= 0.6 is 15.9 Å². The summed E-state index contributed by atoms with van der Waals surface area (Å²) in [4.78, 5) is 10.5. The highest BCUT2D eigenvalue weighted by molar-refractivity contribution is 9.10. The van der Waals surface area contributed by atoms with E-state index < -0.39 is 51.4 Å². The second kappa shape index (κ2) is 6.20. The van der Waals surface area contributed by atoms with Crippen molar-refractivity contribution in [2.75, 3.05) is 5.32 Å². The van der Waals surface area contributed by atoms with Crippen LogP contribution in [0.4, 0.5) is 36.4 Å². The maximum atomic E-state index is 13.4. The van der Waals surface area contributed by atoms with E-state index in [2.05, 4.69) is 15.9 Å². The predicted molar refractivity (Wildman–Crippen MR) is 62.9 cm³/mol. The molecule has 0 spiro atoms. The van der Waals surface area contributed by atoms with Gasteiger partial charge in [0.15, 0.2) is 23.3 Å². The molecule has 1 amide bonds. The third-order valence-corrected chi connectivity index (χ3v) is 3.50. The molecule has 1 aromatic rings. The largest absolute Gasteiger partial charge is 0.422 e. The van der Waals surface area contributed by atoms with Gasteiger partial charge >= 0.3 is 6.18 Å². The summed E-state index contributed by atoms with van der Waals surface area (Å²) < 4.78 is 90.4. The Balaban J connectivity index is 3.42. The average molecular weight is 382 g/mol. The van der Waals surface area contributed by atoms with Crippen molar-refractivity contribution in [3.8, 4) is 0 Å². The standard InChI is InChI=1S/C11H7BrF7NO/c1-2-3(12)10(21)20-9-7(15)5(13)4(11(17,18)19)6(14)8(9)16/h3H,2H2,1H3,(H,20,21)/t3-/m1/s1. The summed E-state index contributed by atoms with van der Waals surface area (Å²) in [5.41, 5.74) is -4.30. The maximum absolute atomic E-state index is 13.4. The molecule has 1 rings (SSSR count). The molecule has 21 heavy (non-hydrogen) atoms. The first-order chi connectivity index (χ1) is 9.52. The zero-order valence-corrected chi connectivity index (χ0v) is 11.8. The molecule has 0 saturated heterocycles. The van der Waals surface area contributed by atoms with Crippen LogP contribution in [0.15, 0.2) is 0 Å². The van der Waals surface area contributed by atoms with Gasteiger partial charge in [0.05, 0.1) is 4.83 Å². The van der Waals surface area contributed by atoms with Gasteiger partial charge in [0, 0.05) is 0 Å². The van der Waals surface area contributed by atoms with Crippen LogP contribution in [0.1, 0.15) is 18.9 Å². The SMILES string of the molecule is CC[C@@H](Br)C(=O)Nc1c(F)c(F)c(C(F)(F)F)c(F)c1F. The van der Waals surface area contributed by atoms with Crippen molar-refractivity contribution in [2.45, 2.75) is 24.3 Å². The Morgan fingerprint density at radius 3 is 1.86 bits per heavy atom. The fraction of sp³-hybridized carbons (Fsp3) is 0.364. The van der Waals surface area contributed by atoms with Crippen LogP contribution in [0.3, 0.4) is 0 Å². The lowest BCUT2D eigenvalue weighted by molar-refractivity contribution is -0.143. The van der Waals surface area contributed by atoms with Gasteiger partial charge in [0.2, 0.25) is 5.91 Å². The molecule has 0 radical (unpaired) electrons. The summed E-state index contributed by atoms with van der Waals surface area (Å²) in [5, 5.41) is 1.51. The van der Waals surface area contributed by atoms with Gasteiger partial charge in [0.25, 0.3) is 0 Å². The summed E-state index contributed by atoms with van der Waals surface area (Å²) in [6.07, 6.45) is -5.46. The third-order valence-electron chi connectivity index (χ3n) is 2.44. The number of alkyl halides is 4. The van der Waals surface area contributed by atoms with Gasteiger partial charge in [-0.2, -0.15) is 13.2 Å². The molecule has 0 bridgehead atoms. The monoisotopic (exact) mass is 381 g/mol. The Hall–Kier alpha value is -1.32. The summed E-state index contributed by atoms with van der Waals surface area (Å²) >= 11 is 2.81. The van der Waals surface area contributed by atoms with E-state index in [0.717, 1.165) is 0 Å². The van der Waals surface area contributed by atoms with E-state index in [0.29, 0.717) is 0 Å². The number of hydrogen-bond donors (Lipinski definition) is 1. The van der Waals surface area contributed by atoms with Crippen LogP contribution in [0, 0.1) is 23.3 Å². The van der Waals surface area contributed by atoms with Gasteiger partial charge in [-0.3, -0.25) is 4.79 Å². The first kappa shape index (κ1) is 17.7. The second-order valence-electron chi connectivity index (χ2n) is 3.87. The minimum absolute atomic E-state index is 0.167. The minimum Gasteiger partial charge on any atom is -0.320 e. The molecule has 0 unspecified atom stereocenters. The van der Waals surface area contributed by atoms with Crippen LogP contribution in [0.2, 0.25) is 0 Å². The smallest absolute Gasteiger partial charge is 0.320 e. The second-order valence-corrected chi connectivity index (χ2v) is 4.97. The number of carbonyl (C=O) groups is 1. The molecule has 0 fully saturated rings. The molecule has 1 atom stereocenters. The van der Waals surface area contributed by atoms with E-state index >= 15 is 0 Å². The van der Waals surface area contributed by atoms with Crippen molar-refractivity contribution in [2.24, 2.45) is 0 Å². The highest BCUT2D eigenvalue weighted by Gasteiger charge is 2.42. The Morgan fingerprint density at radius 1 is 1.10 bits per heavy atom. The Kier molecular flexibility index (Phi) is 5.24. The van der Waals surface area contributed by atoms with Gasteiger partial charge in [-0.25, -0.2) is 17.6 Å². The molecule has 0 heterocycles. The van der Waals surface area contributed by atoms with Gasteiger partial charge < -0.3 is 5.32 Å². The number of rotatable bonds is 3. The summed E-state index contributed by atoms with van der Waals surface area (Å²) in [7, 11) is 0. The Morgan fingerprint density at radius 2 is 1.52 bits per heavy atom. The molecule has 10 heteroatoms. The summed E-state index contributed by atoms with van der Waals surface area (Å²) in [5.74, 6) is -11.0. The van der Waals surface area contributed by atoms with Crippen molar-refractivity contribution in [1.82, 2.24) is 0 Å². The molecule has 1 aromatic carbocycles. The Labute approximate surface area is 122 Å². The average Bonchev–Trinajstić information content (AvgIpc) is 2.38. The third kappa shape index (κ3) is 3.47. The molecule has 0 aliphatic carbocycles. The topological polar surface area (TPSA) is 29.1 Å². The van der Waals surface area contributed by atoms with Crippen molar-refractivity contribution in [1.29, 1.82) is 0 Å². The molecule has 0 saturated carbocycles. The number of anilines is 1. The normalized spacial score (nSPS) is 13.2. The molecule has 118 valence electrons. The van der Waals surface area contributed by atoms with Crippen molar-refractivity contribution in [3.63, 3.8) is 0 Å². The Bertz CT molecular complexity index is 544. The van der Waals surface area contributed by atoms with Crippen LogP contribution in [-0.4, -0.2) is 10.7 Å². The van der Waals surface area contributed by atoms with Gasteiger partial charge in [-0.05, 0) is 6.42 Å². The van der Waals surface area contributed by atoms with Gasteiger partial charge in [0.1, 0.15) is 11.3 Å². The van der Waals surface area contributed by atoms with Crippen molar-refractivity contribution in [3.05, 3.63) is 28.8 Å². The van der Waals surface area contributed by atoms with Crippen LogP contribution < -0.4 is 5.32 Å². The number of hydrogen-bond acceptors (Lipinski definition) is 1. The lowest BCUT2D eigenvalue weighted by Crippen LogP contribution is -2.25. The molecule has 0 aliphatic heterocycles. The quantitative estimate of drug-likeness (QED) is 0.470. The number of nitrogens with one attached hydrogen (secondary N) is 1. The maximum Gasteiger partial charge on any atom is 0.422 e. The van der Waals surface area contributed by atoms with E-state index in [1.165, 1.54) is 12.2 Å². The highest BCUT2D eigenvalue weighted by atomic mass is 79.9. The zero-order valence-electron chi connectivity index (χ0n) is 10.2. The van der Waals surface area contributed by atoms with Crippen LogP contribution in [0.5, 0.6) is 0 Å². The van der Waals surface area contributed by atoms with Crippen LogP contribution in [-0.2, 0) is 11.0 Å².